The lowest BCUT2D eigenvalue weighted by Crippen LogP contribution is -2.14. The van der Waals surface area contributed by atoms with Crippen LogP contribution in [0.3, 0.4) is 0 Å². The molecular formula is C16H11N3O5S. The molecule has 0 bridgehead atoms. The number of carbonyl (C=O) groups excluding carboxylic acids is 1. The normalized spacial score (nSPS) is 11.0. The third-order valence-electron chi connectivity index (χ3n) is 3.23. The molecule has 0 aliphatic heterocycles. The Morgan fingerprint density at radius 1 is 1.36 bits per heavy atom. The molecule has 0 N–H and O–H groups in total. The SMILES string of the molecule is O=C(/C=C/c1ccc([N+](=O)[O-])cc1)OCc1cc(=O)n2ccsc2n1. The Kier molecular flexibility index (Phi) is 4.66. The number of nitro groups is 1. The number of hydrogen-bond donors (Lipinski definition) is 0. The number of non-ortho nitro benzene ring substituents is 1. The maximum absolute atomic E-state index is 11.8. The topological polar surface area (TPSA) is 104 Å². The Morgan fingerprint density at radius 3 is 2.84 bits per heavy atom. The van der Waals surface area contributed by atoms with Crippen molar-refractivity contribution < 1.29 is 14.5 Å². The van der Waals surface area contributed by atoms with Crippen molar-refractivity contribution in [2.24, 2.45) is 0 Å². The number of carbonyl (C=O) groups is 1. The van der Waals surface area contributed by atoms with Gasteiger partial charge in [0.15, 0.2) is 4.96 Å². The van der Waals surface area contributed by atoms with Crippen molar-refractivity contribution in [2.75, 3.05) is 0 Å². The molecule has 0 atom stereocenters. The van der Waals surface area contributed by atoms with E-state index in [-0.39, 0.29) is 17.9 Å². The van der Waals surface area contributed by atoms with Gasteiger partial charge in [-0.25, -0.2) is 9.78 Å². The highest BCUT2D eigenvalue weighted by Gasteiger charge is 2.06. The molecule has 25 heavy (non-hydrogen) atoms. The van der Waals surface area contributed by atoms with Crippen LogP contribution in [0.2, 0.25) is 0 Å². The second kappa shape index (κ2) is 7.05. The van der Waals surface area contributed by atoms with Gasteiger partial charge in [0.05, 0.1) is 10.6 Å². The fourth-order valence-corrected chi connectivity index (χ4v) is 2.77. The van der Waals surface area contributed by atoms with Gasteiger partial charge in [0.25, 0.3) is 11.2 Å². The van der Waals surface area contributed by atoms with Gasteiger partial charge in [-0.3, -0.25) is 19.3 Å². The summed E-state index contributed by atoms with van der Waals surface area (Å²) in [5.41, 5.74) is 0.725. The number of fused-ring (bicyclic) bond motifs is 1. The van der Waals surface area contributed by atoms with Crippen LogP contribution in [0, 0.1) is 10.1 Å². The lowest BCUT2D eigenvalue weighted by atomic mass is 10.2. The summed E-state index contributed by atoms with van der Waals surface area (Å²) in [6.07, 6.45) is 4.31. The number of rotatable bonds is 5. The third-order valence-corrected chi connectivity index (χ3v) is 3.99. The molecule has 8 nitrogen and oxygen atoms in total. The lowest BCUT2D eigenvalue weighted by molar-refractivity contribution is -0.384. The second-order valence-electron chi connectivity index (χ2n) is 4.93. The Balaban J connectivity index is 1.61. The molecule has 3 aromatic rings. The van der Waals surface area contributed by atoms with Gasteiger partial charge in [-0.15, -0.1) is 11.3 Å². The van der Waals surface area contributed by atoms with Crippen molar-refractivity contribution in [3.63, 3.8) is 0 Å². The molecule has 2 heterocycles. The van der Waals surface area contributed by atoms with E-state index >= 15 is 0 Å². The summed E-state index contributed by atoms with van der Waals surface area (Å²) >= 11 is 1.31. The van der Waals surface area contributed by atoms with E-state index in [0.717, 1.165) is 0 Å². The first-order chi connectivity index (χ1) is 12.0. The third kappa shape index (κ3) is 3.96. The molecule has 0 radical (unpaired) electrons. The van der Waals surface area contributed by atoms with Gasteiger partial charge in [-0.2, -0.15) is 0 Å². The Morgan fingerprint density at radius 2 is 2.12 bits per heavy atom. The number of hydrogen-bond acceptors (Lipinski definition) is 7. The molecular weight excluding hydrogens is 346 g/mol. The predicted octanol–water partition coefficient (Wildman–Crippen LogP) is 2.42. The minimum Gasteiger partial charge on any atom is -0.456 e. The predicted molar refractivity (Wildman–Crippen MR) is 91.3 cm³/mol. The van der Waals surface area contributed by atoms with Crippen molar-refractivity contribution in [1.29, 1.82) is 0 Å². The van der Waals surface area contributed by atoms with Crippen molar-refractivity contribution >= 4 is 34.0 Å². The molecule has 0 aliphatic rings. The molecule has 0 saturated heterocycles. The zero-order valence-electron chi connectivity index (χ0n) is 12.7. The number of thiazole rings is 1. The van der Waals surface area contributed by atoms with E-state index in [0.29, 0.717) is 16.2 Å². The maximum Gasteiger partial charge on any atom is 0.331 e. The van der Waals surface area contributed by atoms with Crippen molar-refractivity contribution in [3.05, 3.63) is 79.7 Å². The molecule has 0 saturated carbocycles. The number of benzene rings is 1. The molecule has 3 rings (SSSR count). The van der Waals surface area contributed by atoms with Crippen molar-refractivity contribution in [1.82, 2.24) is 9.38 Å². The van der Waals surface area contributed by atoms with Gasteiger partial charge in [-0.05, 0) is 23.8 Å². The first kappa shape index (κ1) is 16.5. The van der Waals surface area contributed by atoms with Gasteiger partial charge in [0, 0.05) is 35.9 Å². The summed E-state index contributed by atoms with van der Waals surface area (Å²) in [5, 5.41) is 12.3. The largest absolute Gasteiger partial charge is 0.456 e. The van der Waals surface area contributed by atoms with E-state index in [4.69, 9.17) is 4.74 Å². The minimum atomic E-state index is -0.605. The summed E-state index contributed by atoms with van der Waals surface area (Å²) in [6.45, 7) is -0.118. The molecule has 2 aromatic heterocycles. The second-order valence-corrected chi connectivity index (χ2v) is 5.80. The summed E-state index contributed by atoms with van der Waals surface area (Å²) < 4.78 is 6.46. The highest BCUT2D eigenvalue weighted by molar-refractivity contribution is 7.15. The van der Waals surface area contributed by atoms with E-state index in [9.17, 15) is 19.7 Å². The van der Waals surface area contributed by atoms with Crippen LogP contribution in [0.5, 0.6) is 0 Å². The van der Waals surface area contributed by atoms with Crippen LogP contribution < -0.4 is 5.56 Å². The molecule has 9 heteroatoms. The number of nitrogens with zero attached hydrogens (tertiary/aromatic N) is 3. The van der Waals surface area contributed by atoms with Gasteiger partial charge in [0.1, 0.15) is 6.61 Å². The highest BCUT2D eigenvalue weighted by atomic mass is 32.1. The minimum absolute atomic E-state index is 0.0268. The summed E-state index contributed by atoms with van der Waals surface area (Å²) in [4.78, 5) is 38.4. The molecule has 0 fully saturated rings. The van der Waals surface area contributed by atoms with E-state index < -0.39 is 10.9 Å². The first-order valence-electron chi connectivity index (χ1n) is 7.08. The fourth-order valence-electron chi connectivity index (χ4n) is 2.03. The van der Waals surface area contributed by atoms with Gasteiger partial charge < -0.3 is 4.74 Å². The van der Waals surface area contributed by atoms with E-state index in [1.165, 1.54) is 58.2 Å². The van der Waals surface area contributed by atoms with Crippen LogP contribution >= 0.6 is 11.3 Å². The summed E-state index contributed by atoms with van der Waals surface area (Å²) in [7, 11) is 0. The number of ether oxygens (including phenoxy) is 1. The first-order valence-corrected chi connectivity index (χ1v) is 7.96. The molecule has 0 aliphatic carbocycles. The van der Waals surface area contributed by atoms with Crippen LogP contribution in [0.15, 0.2) is 52.8 Å². The molecule has 1 aromatic carbocycles. The van der Waals surface area contributed by atoms with E-state index in [1.807, 2.05) is 0 Å². The van der Waals surface area contributed by atoms with E-state index in [2.05, 4.69) is 4.98 Å². The monoisotopic (exact) mass is 357 g/mol. The van der Waals surface area contributed by atoms with Crippen LogP contribution in [0.1, 0.15) is 11.3 Å². The van der Waals surface area contributed by atoms with E-state index in [1.54, 1.807) is 11.6 Å². The van der Waals surface area contributed by atoms with Crippen LogP contribution in [-0.2, 0) is 16.1 Å². The summed E-state index contributed by atoms with van der Waals surface area (Å²) in [5.74, 6) is -0.605. The molecule has 0 amide bonds. The smallest absolute Gasteiger partial charge is 0.331 e. The Bertz CT molecular complexity index is 1020. The molecule has 0 unspecified atom stereocenters. The van der Waals surface area contributed by atoms with Gasteiger partial charge >= 0.3 is 5.97 Å². The molecule has 0 spiro atoms. The molecule has 126 valence electrons. The average molecular weight is 357 g/mol. The van der Waals surface area contributed by atoms with Gasteiger partial charge in [0.2, 0.25) is 0 Å². The fraction of sp³-hybridized carbons (Fsp3) is 0.0625. The number of aromatic nitrogens is 2. The van der Waals surface area contributed by atoms with Crippen LogP contribution in [0.25, 0.3) is 11.0 Å². The van der Waals surface area contributed by atoms with Gasteiger partial charge in [-0.1, -0.05) is 0 Å². The zero-order chi connectivity index (χ0) is 17.8. The van der Waals surface area contributed by atoms with Crippen LogP contribution in [0.4, 0.5) is 5.69 Å². The number of esters is 1. The lowest BCUT2D eigenvalue weighted by Gasteiger charge is -2.02. The van der Waals surface area contributed by atoms with Crippen LogP contribution in [-0.4, -0.2) is 20.3 Å². The van der Waals surface area contributed by atoms with Crippen molar-refractivity contribution in [3.8, 4) is 0 Å². The quantitative estimate of drug-likeness (QED) is 0.301. The zero-order valence-corrected chi connectivity index (χ0v) is 13.5. The maximum atomic E-state index is 11.8. The highest BCUT2D eigenvalue weighted by Crippen LogP contribution is 2.13. The Labute approximate surface area is 144 Å². The summed E-state index contributed by atoms with van der Waals surface area (Å²) in [6, 6.07) is 7.05. The number of nitro benzene ring substituents is 1. The Hall–Kier alpha value is -3.33. The van der Waals surface area contributed by atoms with Crippen molar-refractivity contribution in [2.45, 2.75) is 6.61 Å². The standard InChI is InChI=1S/C16H11N3O5S/c20-14-9-12(17-16-18(14)7-8-25-16)10-24-15(21)6-3-11-1-4-13(5-2-11)19(22)23/h1-9H,10H2/b6-3+. The average Bonchev–Trinajstić information content (AvgIpc) is 3.07.